The van der Waals surface area contributed by atoms with Crippen LogP contribution in [0.2, 0.25) is 5.15 Å². The zero-order valence-electron chi connectivity index (χ0n) is 14.1. The van der Waals surface area contributed by atoms with Gasteiger partial charge in [-0.25, -0.2) is 4.98 Å². The highest BCUT2D eigenvalue weighted by atomic mass is 79.9. The number of ether oxygens (including phenoxy) is 2. The number of nitrogens with zero attached hydrogens (tertiary/aromatic N) is 1. The molecule has 25 heavy (non-hydrogen) atoms. The van der Waals surface area contributed by atoms with Gasteiger partial charge in [-0.05, 0) is 66.2 Å². The van der Waals surface area contributed by atoms with Gasteiger partial charge in [0.15, 0.2) is 11.6 Å². The van der Waals surface area contributed by atoms with Gasteiger partial charge < -0.3 is 9.47 Å². The van der Waals surface area contributed by atoms with E-state index in [2.05, 4.69) is 39.1 Å². The molecule has 3 atom stereocenters. The lowest BCUT2D eigenvalue weighted by molar-refractivity contribution is -0.163. The van der Waals surface area contributed by atoms with Gasteiger partial charge in [0.05, 0.1) is 16.1 Å². The number of ketones is 1. The molecule has 4 nitrogen and oxygen atoms in total. The van der Waals surface area contributed by atoms with Gasteiger partial charge in [-0.1, -0.05) is 23.7 Å². The summed E-state index contributed by atoms with van der Waals surface area (Å²) in [6.07, 6.45) is 1.79. The summed E-state index contributed by atoms with van der Waals surface area (Å²) >= 11 is 9.50. The average molecular weight is 425 g/mol. The highest BCUT2D eigenvalue weighted by Crippen LogP contribution is 2.41. The number of rotatable bonds is 3. The van der Waals surface area contributed by atoms with Crippen LogP contribution in [0.15, 0.2) is 28.7 Å². The molecular formula is C19H19BrClNO3. The second kappa shape index (κ2) is 6.31. The van der Waals surface area contributed by atoms with Crippen molar-refractivity contribution in [3.8, 4) is 0 Å². The van der Waals surface area contributed by atoms with Crippen LogP contribution in [0.1, 0.15) is 32.3 Å². The number of hydrogen-bond acceptors (Lipinski definition) is 4. The predicted octanol–water partition coefficient (Wildman–Crippen LogP) is 4.69. The standard InChI is InChI=1S/C19H19BrClNO3/c1-19(2)24-16-12(9-15(23)17(16)25-19)6-4-10-3-5-11-8-13(20)18(21)22-14(11)7-10/h3,5,7-8,12,16-17H,4,6,9H2,1-2H3/t12-,16+,17-/m0/s1. The molecule has 1 aliphatic heterocycles. The molecule has 0 bridgehead atoms. The zero-order chi connectivity index (χ0) is 17.8. The fourth-order valence-electron chi connectivity index (χ4n) is 3.81. The maximum atomic E-state index is 12.2. The minimum absolute atomic E-state index is 0.119. The summed E-state index contributed by atoms with van der Waals surface area (Å²) < 4.78 is 12.5. The molecule has 2 aliphatic rings. The Morgan fingerprint density at radius 1 is 1.32 bits per heavy atom. The van der Waals surface area contributed by atoms with Crippen LogP contribution in [0.3, 0.4) is 0 Å². The molecule has 1 saturated carbocycles. The highest BCUT2D eigenvalue weighted by molar-refractivity contribution is 9.10. The lowest BCUT2D eigenvalue weighted by atomic mass is 9.95. The fourth-order valence-corrected chi connectivity index (χ4v) is 4.29. The predicted molar refractivity (Wildman–Crippen MR) is 99.7 cm³/mol. The highest BCUT2D eigenvalue weighted by Gasteiger charge is 2.53. The molecule has 4 rings (SSSR count). The van der Waals surface area contributed by atoms with Crippen molar-refractivity contribution in [2.45, 2.75) is 51.1 Å². The SMILES string of the molecule is CC1(C)O[C@@H]2[C@@H](CCc3ccc4cc(Br)c(Cl)nc4c3)CC(=O)[C@@H]2O1. The van der Waals surface area contributed by atoms with E-state index in [9.17, 15) is 4.79 Å². The molecule has 0 N–H and O–H groups in total. The second-order valence-corrected chi connectivity index (χ2v) is 8.49. The number of benzene rings is 1. The van der Waals surface area contributed by atoms with Crippen molar-refractivity contribution in [1.29, 1.82) is 0 Å². The molecule has 2 heterocycles. The molecule has 0 spiro atoms. The van der Waals surface area contributed by atoms with E-state index in [-0.39, 0.29) is 17.8 Å². The van der Waals surface area contributed by atoms with Crippen molar-refractivity contribution < 1.29 is 14.3 Å². The van der Waals surface area contributed by atoms with Crippen molar-refractivity contribution in [3.63, 3.8) is 0 Å². The Labute approximate surface area is 160 Å². The smallest absolute Gasteiger partial charge is 0.164 e. The first-order valence-electron chi connectivity index (χ1n) is 8.45. The first-order chi connectivity index (χ1) is 11.8. The van der Waals surface area contributed by atoms with Crippen molar-refractivity contribution in [2.24, 2.45) is 5.92 Å². The number of halogens is 2. The van der Waals surface area contributed by atoms with E-state index in [0.717, 1.165) is 28.2 Å². The molecule has 1 aromatic carbocycles. The van der Waals surface area contributed by atoms with Crippen LogP contribution < -0.4 is 0 Å². The van der Waals surface area contributed by atoms with E-state index < -0.39 is 11.9 Å². The van der Waals surface area contributed by atoms with Crippen molar-refractivity contribution >= 4 is 44.2 Å². The molecule has 1 saturated heterocycles. The number of hydrogen-bond donors (Lipinski definition) is 0. The Morgan fingerprint density at radius 2 is 2.12 bits per heavy atom. The van der Waals surface area contributed by atoms with E-state index in [1.807, 2.05) is 19.9 Å². The lowest BCUT2D eigenvalue weighted by Crippen LogP contribution is -2.25. The Kier molecular flexibility index (Phi) is 4.39. The van der Waals surface area contributed by atoms with Crippen LogP contribution in [-0.2, 0) is 20.7 Å². The Balaban J connectivity index is 1.49. The second-order valence-electron chi connectivity index (χ2n) is 7.28. The van der Waals surface area contributed by atoms with E-state index in [4.69, 9.17) is 21.1 Å². The topological polar surface area (TPSA) is 48.4 Å². The summed E-state index contributed by atoms with van der Waals surface area (Å²) in [4.78, 5) is 16.6. The summed E-state index contributed by atoms with van der Waals surface area (Å²) in [5, 5.41) is 1.51. The van der Waals surface area contributed by atoms with Crippen molar-refractivity contribution in [2.75, 3.05) is 0 Å². The molecule has 0 amide bonds. The lowest BCUT2D eigenvalue weighted by Gasteiger charge is -2.21. The summed E-state index contributed by atoms with van der Waals surface area (Å²) in [7, 11) is 0. The Hall–Kier alpha value is -1.01. The van der Waals surface area contributed by atoms with Crippen LogP contribution in [-0.4, -0.2) is 28.8 Å². The largest absolute Gasteiger partial charge is 0.344 e. The summed E-state index contributed by atoms with van der Waals surface area (Å²) in [5.41, 5.74) is 2.07. The van der Waals surface area contributed by atoms with Gasteiger partial charge in [-0.2, -0.15) is 0 Å². The summed E-state index contributed by atoms with van der Waals surface area (Å²) in [5.74, 6) is -0.297. The minimum atomic E-state index is -0.666. The molecule has 1 aliphatic carbocycles. The van der Waals surface area contributed by atoms with Crippen molar-refractivity contribution in [3.05, 3.63) is 39.5 Å². The van der Waals surface area contributed by atoms with Gasteiger partial charge >= 0.3 is 0 Å². The maximum Gasteiger partial charge on any atom is 0.164 e. The monoisotopic (exact) mass is 423 g/mol. The maximum absolute atomic E-state index is 12.2. The molecular weight excluding hydrogens is 406 g/mol. The zero-order valence-corrected chi connectivity index (χ0v) is 16.4. The summed E-state index contributed by atoms with van der Waals surface area (Å²) in [6.45, 7) is 3.74. The third-order valence-corrected chi connectivity index (χ3v) is 6.09. The Bertz CT molecular complexity index is 854. The number of fused-ring (bicyclic) bond motifs is 2. The third kappa shape index (κ3) is 3.35. The number of pyridine rings is 1. The first kappa shape index (κ1) is 17.4. The molecule has 1 aromatic heterocycles. The van der Waals surface area contributed by atoms with Gasteiger partial charge in [-0.3, -0.25) is 4.79 Å². The van der Waals surface area contributed by atoms with Gasteiger partial charge in [0, 0.05) is 11.8 Å². The van der Waals surface area contributed by atoms with Crippen LogP contribution in [0.5, 0.6) is 0 Å². The van der Waals surface area contributed by atoms with Gasteiger partial charge in [0.2, 0.25) is 0 Å². The normalized spacial score (nSPS) is 27.8. The van der Waals surface area contributed by atoms with Crippen molar-refractivity contribution in [1.82, 2.24) is 4.98 Å². The van der Waals surface area contributed by atoms with E-state index >= 15 is 0 Å². The van der Waals surface area contributed by atoms with Gasteiger partial charge in [-0.15, -0.1) is 0 Å². The van der Waals surface area contributed by atoms with Crippen LogP contribution >= 0.6 is 27.5 Å². The molecule has 0 unspecified atom stereocenters. The molecule has 2 fully saturated rings. The molecule has 6 heteroatoms. The van der Waals surface area contributed by atoms with E-state index in [1.165, 1.54) is 5.56 Å². The van der Waals surface area contributed by atoms with E-state index in [1.54, 1.807) is 0 Å². The van der Waals surface area contributed by atoms with Gasteiger partial charge in [0.1, 0.15) is 11.3 Å². The third-order valence-electron chi connectivity index (χ3n) is 4.97. The van der Waals surface area contributed by atoms with Gasteiger partial charge in [0.25, 0.3) is 0 Å². The number of carbonyl (C=O) groups is 1. The fraction of sp³-hybridized carbons (Fsp3) is 0.474. The van der Waals surface area contributed by atoms with Crippen LogP contribution in [0, 0.1) is 5.92 Å². The summed E-state index contributed by atoms with van der Waals surface area (Å²) in [6, 6.07) is 8.20. The van der Waals surface area contributed by atoms with Crippen LogP contribution in [0.4, 0.5) is 0 Å². The number of carbonyl (C=O) groups excluding carboxylic acids is 1. The molecule has 0 radical (unpaired) electrons. The number of aromatic nitrogens is 1. The molecule has 132 valence electrons. The minimum Gasteiger partial charge on any atom is -0.344 e. The number of aryl methyl sites for hydroxylation is 1. The average Bonchev–Trinajstić information content (AvgIpc) is 3.01. The molecule has 2 aromatic rings. The first-order valence-corrected chi connectivity index (χ1v) is 9.62. The van der Waals surface area contributed by atoms with E-state index in [0.29, 0.717) is 11.6 Å². The Morgan fingerprint density at radius 3 is 2.92 bits per heavy atom. The number of Topliss-reactive ketones (excluding diaryl/α,β-unsaturated/α-hetero) is 1. The van der Waals surface area contributed by atoms with Crippen LogP contribution in [0.25, 0.3) is 10.9 Å². The quantitative estimate of drug-likeness (QED) is 0.671.